The summed E-state index contributed by atoms with van der Waals surface area (Å²) in [5.41, 5.74) is 6.24. The van der Waals surface area contributed by atoms with Crippen LogP contribution in [0.15, 0.2) is 41.8 Å². The maximum absolute atomic E-state index is 12.3. The summed E-state index contributed by atoms with van der Waals surface area (Å²) in [4.78, 5) is 16.9. The zero-order valence-electron chi connectivity index (χ0n) is 14.7. The van der Waals surface area contributed by atoms with E-state index in [1.807, 2.05) is 5.38 Å². The molecule has 0 aliphatic rings. The van der Waals surface area contributed by atoms with Crippen molar-refractivity contribution in [2.75, 3.05) is 12.4 Å². The van der Waals surface area contributed by atoms with Gasteiger partial charge >= 0.3 is 0 Å². The molecule has 0 atom stereocenters. The summed E-state index contributed by atoms with van der Waals surface area (Å²) < 4.78 is 5.11. The zero-order valence-corrected chi connectivity index (χ0v) is 15.5. The van der Waals surface area contributed by atoms with Crippen LogP contribution in [0.2, 0.25) is 0 Å². The molecule has 0 spiro atoms. The highest BCUT2D eigenvalue weighted by molar-refractivity contribution is 7.14. The van der Waals surface area contributed by atoms with Crippen LogP contribution in [0.3, 0.4) is 0 Å². The second-order valence-electron chi connectivity index (χ2n) is 5.97. The Morgan fingerprint density at radius 3 is 2.40 bits per heavy atom. The fourth-order valence-corrected chi connectivity index (χ4v) is 3.31. The first kappa shape index (κ1) is 17.2. The van der Waals surface area contributed by atoms with Gasteiger partial charge in [0, 0.05) is 16.5 Å². The van der Waals surface area contributed by atoms with Crippen molar-refractivity contribution in [2.45, 2.75) is 20.8 Å². The second kappa shape index (κ2) is 7.07. The summed E-state index contributed by atoms with van der Waals surface area (Å²) in [6.45, 7) is 6.28. The lowest BCUT2D eigenvalue weighted by Crippen LogP contribution is -2.11. The molecule has 1 aromatic heterocycles. The molecule has 5 heteroatoms. The molecule has 2 aromatic carbocycles. The number of amides is 1. The number of nitrogens with zero attached hydrogens (tertiary/aromatic N) is 1. The molecular weight excluding hydrogens is 332 g/mol. The van der Waals surface area contributed by atoms with Crippen LogP contribution in [-0.2, 0) is 0 Å². The molecule has 0 radical (unpaired) electrons. The molecule has 0 aliphatic heterocycles. The minimum atomic E-state index is -0.180. The highest BCUT2D eigenvalue weighted by Gasteiger charge is 2.12. The third-order valence-electron chi connectivity index (χ3n) is 4.19. The minimum absolute atomic E-state index is 0.180. The van der Waals surface area contributed by atoms with Crippen molar-refractivity contribution in [3.05, 3.63) is 64.0 Å². The first-order valence-electron chi connectivity index (χ1n) is 7.97. The molecule has 4 nitrogen and oxygen atoms in total. The highest BCUT2D eigenvalue weighted by Crippen LogP contribution is 2.29. The number of anilines is 1. The fraction of sp³-hybridized carbons (Fsp3) is 0.200. The molecule has 1 amide bonds. The van der Waals surface area contributed by atoms with E-state index in [0.717, 1.165) is 17.0 Å². The Morgan fingerprint density at radius 1 is 1.04 bits per heavy atom. The van der Waals surface area contributed by atoms with Gasteiger partial charge in [-0.15, -0.1) is 11.3 Å². The van der Waals surface area contributed by atoms with Crippen LogP contribution in [0.4, 0.5) is 5.13 Å². The molecule has 1 heterocycles. The molecule has 0 fully saturated rings. The third kappa shape index (κ3) is 3.72. The van der Waals surface area contributed by atoms with Gasteiger partial charge in [-0.25, -0.2) is 4.98 Å². The second-order valence-corrected chi connectivity index (χ2v) is 6.83. The van der Waals surface area contributed by atoms with Crippen molar-refractivity contribution in [3.8, 4) is 17.0 Å². The first-order chi connectivity index (χ1) is 12.0. The van der Waals surface area contributed by atoms with Crippen LogP contribution < -0.4 is 10.1 Å². The molecule has 128 valence electrons. The van der Waals surface area contributed by atoms with Crippen molar-refractivity contribution >= 4 is 22.4 Å². The van der Waals surface area contributed by atoms with Crippen LogP contribution in [0.5, 0.6) is 5.75 Å². The summed E-state index contributed by atoms with van der Waals surface area (Å²) in [7, 11) is 1.60. The number of aromatic nitrogens is 1. The normalized spacial score (nSPS) is 10.6. The smallest absolute Gasteiger partial charge is 0.257 e. The zero-order chi connectivity index (χ0) is 18.0. The standard InChI is InChI=1S/C20H20N2O2S/c1-12-9-14(3)17(10-13(12)2)18-11-25-20(21-18)22-19(23)15-5-7-16(24-4)8-6-15/h5-11H,1-4H3,(H,21,22,23). The number of rotatable bonds is 4. The third-order valence-corrected chi connectivity index (χ3v) is 4.95. The van der Waals surface area contributed by atoms with Gasteiger partial charge in [0.2, 0.25) is 0 Å². The number of ether oxygens (including phenoxy) is 1. The van der Waals surface area contributed by atoms with Crippen LogP contribution in [0, 0.1) is 20.8 Å². The van der Waals surface area contributed by atoms with Gasteiger partial charge in [0.1, 0.15) is 5.75 Å². The van der Waals surface area contributed by atoms with E-state index in [9.17, 15) is 4.79 Å². The van der Waals surface area contributed by atoms with Crippen molar-refractivity contribution < 1.29 is 9.53 Å². The van der Waals surface area contributed by atoms with Gasteiger partial charge in [-0.2, -0.15) is 0 Å². The number of carbonyl (C=O) groups is 1. The number of hydrogen-bond donors (Lipinski definition) is 1. The van der Waals surface area contributed by atoms with E-state index < -0.39 is 0 Å². The first-order valence-corrected chi connectivity index (χ1v) is 8.85. The van der Waals surface area contributed by atoms with Gasteiger partial charge in [-0.3, -0.25) is 10.1 Å². The van der Waals surface area contributed by atoms with Gasteiger partial charge < -0.3 is 4.74 Å². The Hall–Kier alpha value is -2.66. The van der Waals surface area contributed by atoms with Gasteiger partial charge in [0.05, 0.1) is 12.8 Å². The Morgan fingerprint density at radius 2 is 1.72 bits per heavy atom. The maximum atomic E-state index is 12.3. The monoisotopic (exact) mass is 352 g/mol. The molecule has 0 unspecified atom stereocenters. The van der Waals surface area contributed by atoms with Crippen LogP contribution >= 0.6 is 11.3 Å². The summed E-state index contributed by atoms with van der Waals surface area (Å²) in [6, 6.07) is 11.3. The van der Waals surface area contributed by atoms with Gasteiger partial charge in [-0.05, 0) is 67.8 Å². The molecule has 0 bridgehead atoms. The van der Waals surface area contributed by atoms with E-state index in [1.54, 1.807) is 31.4 Å². The van der Waals surface area contributed by atoms with E-state index >= 15 is 0 Å². The number of thiazole rings is 1. The molecule has 3 aromatic rings. The summed E-state index contributed by atoms with van der Waals surface area (Å²) in [6.07, 6.45) is 0. The van der Waals surface area contributed by atoms with Gasteiger partial charge in [-0.1, -0.05) is 6.07 Å². The Labute approximate surface area is 151 Å². The predicted octanol–water partition coefficient (Wildman–Crippen LogP) is 5.00. The maximum Gasteiger partial charge on any atom is 0.257 e. The predicted molar refractivity (Wildman–Crippen MR) is 103 cm³/mol. The molecule has 0 saturated carbocycles. The highest BCUT2D eigenvalue weighted by atomic mass is 32.1. The molecule has 3 rings (SSSR count). The summed E-state index contributed by atoms with van der Waals surface area (Å²) >= 11 is 1.43. The van der Waals surface area contributed by atoms with Crippen LogP contribution in [0.25, 0.3) is 11.3 Å². The molecular formula is C20H20N2O2S. The molecule has 0 aliphatic carbocycles. The number of methoxy groups -OCH3 is 1. The molecule has 1 N–H and O–H groups in total. The minimum Gasteiger partial charge on any atom is -0.497 e. The Balaban J connectivity index is 1.79. The van der Waals surface area contributed by atoms with Crippen molar-refractivity contribution in [1.29, 1.82) is 0 Å². The van der Waals surface area contributed by atoms with Crippen molar-refractivity contribution in [1.82, 2.24) is 4.98 Å². The SMILES string of the molecule is COc1ccc(C(=O)Nc2nc(-c3cc(C)c(C)cc3C)cs2)cc1. The van der Waals surface area contributed by atoms with Gasteiger partial charge in [0.15, 0.2) is 5.13 Å². The number of benzene rings is 2. The summed E-state index contributed by atoms with van der Waals surface area (Å²) in [5.74, 6) is 0.540. The topological polar surface area (TPSA) is 51.2 Å². The van der Waals surface area contributed by atoms with Crippen molar-refractivity contribution in [3.63, 3.8) is 0 Å². The lowest BCUT2D eigenvalue weighted by atomic mass is 9.99. The molecule has 25 heavy (non-hydrogen) atoms. The van der Waals surface area contributed by atoms with E-state index in [2.05, 4.69) is 43.2 Å². The number of aryl methyl sites for hydroxylation is 3. The summed E-state index contributed by atoms with van der Waals surface area (Å²) in [5, 5.41) is 5.42. The van der Waals surface area contributed by atoms with Gasteiger partial charge in [0.25, 0.3) is 5.91 Å². The van der Waals surface area contributed by atoms with E-state index in [1.165, 1.54) is 28.0 Å². The van der Waals surface area contributed by atoms with Crippen molar-refractivity contribution in [2.24, 2.45) is 0 Å². The average Bonchev–Trinajstić information content (AvgIpc) is 3.06. The quantitative estimate of drug-likeness (QED) is 0.719. The number of carbonyl (C=O) groups excluding carboxylic acids is 1. The largest absolute Gasteiger partial charge is 0.497 e. The fourth-order valence-electron chi connectivity index (χ4n) is 2.60. The average molecular weight is 352 g/mol. The van der Waals surface area contributed by atoms with Crippen LogP contribution in [0.1, 0.15) is 27.0 Å². The lowest BCUT2D eigenvalue weighted by Gasteiger charge is -2.07. The number of nitrogens with one attached hydrogen (secondary N) is 1. The Kier molecular flexibility index (Phi) is 4.86. The Bertz CT molecular complexity index is 914. The van der Waals surface area contributed by atoms with E-state index in [-0.39, 0.29) is 5.91 Å². The van der Waals surface area contributed by atoms with Crippen LogP contribution in [-0.4, -0.2) is 18.0 Å². The molecule has 0 saturated heterocycles. The number of hydrogen-bond acceptors (Lipinski definition) is 4. The van der Waals surface area contributed by atoms with E-state index in [0.29, 0.717) is 10.7 Å². The van der Waals surface area contributed by atoms with E-state index in [4.69, 9.17) is 4.74 Å². The lowest BCUT2D eigenvalue weighted by molar-refractivity contribution is 0.102.